The van der Waals surface area contributed by atoms with Crippen LogP contribution in [-0.4, -0.2) is 25.0 Å². The summed E-state index contributed by atoms with van der Waals surface area (Å²) >= 11 is 0. The van der Waals surface area contributed by atoms with Gasteiger partial charge in [-0.2, -0.15) is 0 Å². The fourth-order valence-corrected chi connectivity index (χ4v) is 1.51. The zero-order chi connectivity index (χ0) is 12.2. The number of anilines is 1. The van der Waals surface area contributed by atoms with Gasteiger partial charge in [-0.25, -0.2) is 0 Å². The first-order valence-corrected chi connectivity index (χ1v) is 6.28. The summed E-state index contributed by atoms with van der Waals surface area (Å²) in [7, 11) is 2.19. The van der Waals surface area contributed by atoms with Gasteiger partial charge in [-0.05, 0) is 45.1 Å². The standard InChI is InChI=1S/C6H13N.C6H7N.C2H6/c1-7-5-3-2-4-6-7;7-6-4-2-1-3-5-6;1-2/h2-6H2,1H3;1-5H,7H2;1-2H3. The van der Waals surface area contributed by atoms with Crippen LogP contribution in [0.3, 0.4) is 0 Å². The Morgan fingerprint density at radius 2 is 1.44 bits per heavy atom. The molecule has 2 nitrogen and oxygen atoms in total. The van der Waals surface area contributed by atoms with Crippen LogP contribution in [0.25, 0.3) is 0 Å². The molecule has 1 saturated heterocycles. The fraction of sp³-hybridized carbons (Fsp3) is 0.571. The van der Waals surface area contributed by atoms with Crippen molar-refractivity contribution in [3.8, 4) is 0 Å². The predicted octanol–water partition coefficient (Wildman–Crippen LogP) is 3.40. The Kier molecular flexibility index (Phi) is 9.83. The first-order valence-electron chi connectivity index (χ1n) is 6.28. The lowest BCUT2D eigenvalue weighted by molar-refractivity contribution is 0.277. The van der Waals surface area contributed by atoms with Crippen molar-refractivity contribution in [2.75, 3.05) is 25.9 Å². The number of benzene rings is 1. The monoisotopic (exact) mass is 222 g/mol. The quantitative estimate of drug-likeness (QED) is 0.682. The van der Waals surface area contributed by atoms with Crippen LogP contribution in [0.4, 0.5) is 5.69 Å². The molecule has 1 aromatic carbocycles. The molecule has 0 atom stereocenters. The highest BCUT2D eigenvalue weighted by atomic mass is 15.1. The highest BCUT2D eigenvalue weighted by molar-refractivity contribution is 5.35. The van der Waals surface area contributed by atoms with E-state index in [0.717, 1.165) is 5.69 Å². The lowest BCUT2D eigenvalue weighted by Gasteiger charge is -2.20. The van der Waals surface area contributed by atoms with Crippen molar-refractivity contribution in [2.45, 2.75) is 33.1 Å². The van der Waals surface area contributed by atoms with E-state index >= 15 is 0 Å². The Hall–Kier alpha value is -1.02. The van der Waals surface area contributed by atoms with Gasteiger partial charge in [0.05, 0.1) is 0 Å². The maximum Gasteiger partial charge on any atom is 0.0313 e. The molecule has 1 fully saturated rings. The zero-order valence-electron chi connectivity index (χ0n) is 10.9. The second kappa shape index (κ2) is 10.5. The Morgan fingerprint density at radius 3 is 1.69 bits per heavy atom. The van der Waals surface area contributed by atoms with E-state index in [1.165, 1.54) is 32.4 Å². The number of piperidine rings is 1. The summed E-state index contributed by atoms with van der Waals surface area (Å²) in [5.74, 6) is 0. The van der Waals surface area contributed by atoms with Crippen LogP contribution in [0.1, 0.15) is 33.1 Å². The van der Waals surface area contributed by atoms with E-state index in [9.17, 15) is 0 Å². The van der Waals surface area contributed by atoms with Crippen LogP contribution in [0.5, 0.6) is 0 Å². The van der Waals surface area contributed by atoms with E-state index < -0.39 is 0 Å². The Labute approximate surface area is 100 Å². The molecule has 16 heavy (non-hydrogen) atoms. The molecule has 2 N–H and O–H groups in total. The predicted molar refractivity (Wildman–Crippen MR) is 73.6 cm³/mol. The van der Waals surface area contributed by atoms with Crippen molar-refractivity contribution in [1.29, 1.82) is 0 Å². The smallest absolute Gasteiger partial charge is 0.0313 e. The van der Waals surface area contributed by atoms with Crippen molar-refractivity contribution >= 4 is 5.69 Å². The largest absolute Gasteiger partial charge is 0.399 e. The third-order valence-electron chi connectivity index (χ3n) is 2.38. The number of nitrogens with two attached hydrogens (primary N) is 1. The first kappa shape index (κ1) is 15.0. The van der Waals surface area contributed by atoms with Gasteiger partial charge in [0.15, 0.2) is 0 Å². The summed E-state index contributed by atoms with van der Waals surface area (Å²) in [4.78, 5) is 2.39. The molecule has 0 saturated carbocycles. The lowest BCUT2D eigenvalue weighted by Crippen LogP contribution is -2.24. The van der Waals surface area contributed by atoms with Gasteiger partial charge in [0.25, 0.3) is 0 Å². The second-order valence-electron chi connectivity index (χ2n) is 3.77. The number of hydrogen-bond donors (Lipinski definition) is 1. The van der Waals surface area contributed by atoms with Gasteiger partial charge in [-0.3, -0.25) is 0 Å². The van der Waals surface area contributed by atoms with E-state index in [1.54, 1.807) is 0 Å². The highest BCUT2D eigenvalue weighted by Gasteiger charge is 2.02. The molecule has 0 amide bonds. The molecule has 92 valence electrons. The van der Waals surface area contributed by atoms with Crippen LogP contribution in [0, 0.1) is 0 Å². The summed E-state index contributed by atoms with van der Waals surface area (Å²) in [6.45, 7) is 6.64. The third kappa shape index (κ3) is 8.30. The molecule has 1 aliphatic heterocycles. The number of hydrogen-bond acceptors (Lipinski definition) is 2. The summed E-state index contributed by atoms with van der Waals surface area (Å²) in [6.07, 6.45) is 4.28. The minimum absolute atomic E-state index is 0.822. The average molecular weight is 222 g/mol. The first-order chi connectivity index (χ1) is 7.79. The topological polar surface area (TPSA) is 29.3 Å². The van der Waals surface area contributed by atoms with Crippen LogP contribution >= 0.6 is 0 Å². The maximum absolute atomic E-state index is 5.36. The lowest BCUT2D eigenvalue weighted by atomic mass is 10.1. The normalized spacial score (nSPS) is 15.2. The molecule has 1 aromatic rings. The molecular formula is C14H26N2. The van der Waals surface area contributed by atoms with E-state index in [0.29, 0.717) is 0 Å². The number of nitrogen functional groups attached to an aromatic ring is 1. The molecule has 1 heterocycles. The molecule has 1 aliphatic rings. The van der Waals surface area contributed by atoms with Gasteiger partial charge in [0.1, 0.15) is 0 Å². The summed E-state index contributed by atoms with van der Waals surface area (Å²) in [6, 6.07) is 9.49. The third-order valence-corrected chi connectivity index (χ3v) is 2.38. The van der Waals surface area contributed by atoms with Gasteiger partial charge >= 0.3 is 0 Å². The van der Waals surface area contributed by atoms with Crippen LogP contribution in [0.15, 0.2) is 30.3 Å². The molecule has 0 unspecified atom stereocenters. The van der Waals surface area contributed by atoms with Gasteiger partial charge < -0.3 is 10.6 Å². The van der Waals surface area contributed by atoms with Crippen LogP contribution in [-0.2, 0) is 0 Å². The average Bonchev–Trinajstić information content (AvgIpc) is 2.34. The maximum atomic E-state index is 5.36. The molecule has 0 radical (unpaired) electrons. The molecule has 0 aromatic heterocycles. The van der Waals surface area contributed by atoms with Crippen LogP contribution in [0.2, 0.25) is 0 Å². The van der Waals surface area contributed by atoms with Crippen molar-refractivity contribution in [3.05, 3.63) is 30.3 Å². The molecule has 2 heteroatoms. The van der Waals surface area contributed by atoms with Gasteiger partial charge in [-0.15, -0.1) is 0 Å². The number of likely N-dealkylation sites (tertiary alicyclic amines) is 1. The van der Waals surface area contributed by atoms with Crippen molar-refractivity contribution in [2.24, 2.45) is 0 Å². The Bertz CT molecular complexity index is 228. The number of nitrogens with zero attached hydrogens (tertiary/aromatic N) is 1. The van der Waals surface area contributed by atoms with Crippen molar-refractivity contribution < 1.29 is 0 Å². The molecular weight excluding hydrogens is 196 g/mol. The van der Waals surface area contributed by atoms with Crippen molar-refractivity contribution in [3.63, 3.8) is 0 Å². The van der Waals surface area contributed by atoms with Gasteiger partial charge in [0, 0.05) is 5.69 Å². The summed E-state index contributed by atoms with van der Waals surface area (Å²) in [5.41, 5.74) is 6.18. The minimum Gasteiger partial charge on any atom is -0.399 e. The van der Waals surface area contributed by atoms with Crippen molar-refractivity contribution in [1.82, 2.24) is 4.90 Å². The van der Waals surface area contributed by atoms with Gasteiger partial charge in [-0.1, -0.05) is 38.5 Å². The highest BCUT2D eigenvalue weighted by Crippen LogP contribution is 2.04. The van der Waals surface area contributed by atoms with E-state index in [4.69, 9.17) is 5.73 Å². The minimum atomic E-state index is 0.822. The Morgan fingerprint density at radius 1 is 0.938 bits per heavy atom. The van der Waals surface area contributed by atoms with E-state index in [-0.39, 0.29) is 0 Å². The van der Waals surface area contributed by atoms with Gasteiger partial charge in [0.2, 0.25) is 0 Å². The van der Waals surface area contributed by atoms with E-state index in [2.05, 4.69) is 11.9 Å². The Balaban J connectivity index is 0.000000244. The van der Waals surface area contributed by atoms with Crippen LogP contribution < -0.4 is 5.73 Å². The SMILES string of the molecule is CC.CN1CCCCC1.Nc1ccccc1. The van der Waals surface area contributed by atoms with E-state index in [1.807, 2.05) is 44.2 Å². The molecule has 2 rings (SSSR count). The number of para-hydroxylation sites is 1. The zero-order valence-corrected chi connectivity index (χ0v) is 10.9. The summed E-state index contributed by atoms with van der Waals surface area (Å²) in [5, 5.41) is 0. The molecule has 0 bridgehead atoms. The second-order valence-corrected chi connectivity index (χ2v) is 3.77. The molecule has 0 aliphatic carbocycles. The fourth-order valence-electron chi connectivity index (χ4n) is 1.51. The summed E-state index contributed by atoms with van der Waals surface area (Å²) < 4.78 is 0. The number of rotatable bonds is 0. The molecule has 0 spiro atoms.